The monoisotopic (exact) mass is 376 g/mol. The summed E-state index contributed by atoms with van der Waals surface area (Å²) >= 11 is 0.704. The summed E-state index contributed by atoms with van der Waals surface area (Å²) in [5, 5.41) is 3.06. The molecule has 0 atom stereocenters. The van der Waals surface area contributed by atoms with Crippen LogP contribution in [0.25, 0.3) is 0 Å². The molecule has 2 rings (SSSR count). The number of amides is 1. The molecule has 0 radical (unpaired) electrons. The van der Waals surface area contributed by atoms with Crippen LogP contribution in [-0.2, 0) is 17.4 Å². The van der Waals surface area contributed by atoms with E-state index in [0.717, 1.165) is 5.38 Å². The van der Waals surface area contributed by atoms with Crippen LogP contribution >= 0.6 is 11.3 Å². The fourth-order valence-electron chi connectivity index (χ4n) is 2.05. The van der Waals surface area contributed by atoms with Gasteiger partial charge in [0, 0.05) is 5.38 Å². The Bertz CT molecular complexity index is 736. The summed E-state index contributed by atoms with van der Waals surface area (Å²) in [6.07, 6.45) is -4.65. The number of hydrogen-bond donors (Lipinski definition) is 1. The number of carbonyl (C=O) groups excluding carboxylic acids is 1. The molecule has 136 valence electrons. The fraction of sp³-hybridized carbons (Fsp3) is 0.333. The second-order valence-electron chi connectivity index (χ2n) is 4.79. The number of alkyl halides is 3. The summed E-state index contributed by atoms with van der Waals surface area (Å²) in [6, 6.07) is 3.17. The Labute approximate surface area is 145 Å². The van der Waals surface area contributed by atoms with Gasteiger partial charge in [-0.1, -0.05) is 0 Å². The molecule has 25 heavy (non-hydrogen) atoms. The standard InChI is InChI=1S/C15H15F3N2O4S/c1-22-9-4-8(5-10(23-2)13(9)24-3)6-12(21)20-14-19-11(7-25-14)15(16,17)18/h4-5,7H,6H2,1-3H3,(H,19,20,21). The molecular weight excluding hydrogens is 361 g/mol. The summed E-state index contributed by atoms with van der Waals surface area (Å²) in [5.41, 5.74) is -0.500. The lowest BCUT2D eigenvalue weighted by atomic mass is 10.1. The van der Waals surface area contributed by atoms with E-state index in [0.29, 0.717) is 34.1 Å². The number of nitrogens with zero attached hydrogens (tertiary/aromatic N) is 1. The zero-order valence-corrected chi connectivity index (χ0v) is 14.4. The van der Waals surface area contributed by atoms with E-state index in [1.807, 2.05) is 0 Å². The van der Waals surface area contributed by atoms with Crippen LogP contribution in [0.5, 0.6) is 17.2 Å². The van der Waals surface area contributed by atoms with Crippen molar-refractivity contribution < 1.29 is 32.2 Å². The van der Waals surface area contributed by atoms with E-state index < -0.39 is 17.8 Å². The molecule has 2 aromatic rings. The summed E-state index contributed by atoms with van der Waals surface area (Å²) in [7, 11) is 4.33. The van der Waals surface area contributed by atoms with Gasteiger partial charge in [0.15, 0.2) is 22.3 Å². The fourth-order valence-corrected chi connectivity index (χ4v) is 2.78. The second kappa shape index (κ2) is 7.60. The first-order chi connectivity index (χ1) is 11.8. The van der Waals surface area contributed by atoms with Gasteiger partial charge in [0.1, 0.15) is 0 Å². The van der Waals surface area contributed by atoms with E-state index in [1.54, 1.807) is 12.1 Å². The summed E-state index contributed by atoms with van der Waals surface area (Å²) in [5.74, 6) is 0.609. The minimum Gasteiger partial charge on any atom is -0.493 e. The van der Waals surface area contributed by atoms with Gasteiger partial charge in [-0.3, -0.25) is 4.79 Å². The molecule has 0 fully saturated rings. The van der Waals surface area contributed by atoms with Crippen molar-refractivity contribution in [1.82, 2.24) is 4.98 Å². The van der Waals surface area contributed by atoms with Crippen molar-refractivity contribution in [2.24, 2.45) is 0 Å². The third-order valence-electron chi connectivity index (χ3n) is 3.13. The molecule has 0 aliphatic carbocycles. The zero-order chi connectivity index (χ0) is 18.6. The predicted molar refractivity (Wildman–Crippen MR) is 85.5 cm³/mol. The number of carbonyl (C=O) groups is 1. The average molecular weight is 376 g/mol. The second-order valence-corrected chi connectivity index (χ2v) is 5.65. The lowest BCUT2D eigenvalue weighted by molar-refractivity contribution is -0.140. The van der Waals surface area contributed by atoms with Crippen molar-refractivity contribution >= 4 is 22.4 Å². The molecule has 0 spiro atoms. The number of aromatic nitrogens is 1. The molecule has 0 aliphatic heterocycles. The van der Waals surface area contributed by atoms with Crippen molar-refractivity contribution in [3.05, 3.63) is 28.8 Å². The maximum atomic E-state index is 12.5. The van der Waals surface area contributed by atoms with Crippen LogP contribution < -0.4 is 19.5 Å². The van der Waals surface area contributed by atoms with Crippen molar-refractivity contribution in [2.45, 2.75) is 12.6 Å². The molecule has 0 saturated heterocycles. The molecule has 0 unspecified atom stereocenters. The molecule has 0 bridgehead atoms. The minimum atomic E-state index is -4.55. The lowest BCUT2D eigenvalue weighted by Crippen LogP contribution is -2.15. The van der Waals surface area contributed by atoms with Crippen LogP contribution in [0.1, 0.15) is 11.3 Å². The Morgan fingerprint density at radius 3 is 2.20 bits per heavy atom. The topological polar surface area (TPSA) is 69.7 Å². The first-order valence-electron chi connectivity index (χ1n) is 6.90. The average Bonchev–Trinajstić information content (AvgIpc) is 3.02. The van der Waals surface area contributed by atoms with E-state index >= 15 is 0 Å². The Kier molecular flexibility index (Phi) is 5.73. The maximum Gasteiger partial charge on any atom is 0.434 e. The third-order valence-corrected chi connectivity index (χ3v) is 3.89. The molecule has 0 aliphatic rings. The van der Waals surface area contributed by atoms with Gasteiger partial charge >= 0.3 is 6.18 Å². The number of ether oxygens (including phenoxy) is 3. The van der Waals surface area contributed by atoms with Gasteiger partial charge in [-0.2, -0.15) is 13.2 Å². The van der Waals surface area contributed by atoms with E-state index in [-0.39, 0.29) is 11.6 Å². The number of nitrogens with one attached hydrogen (secondary N) is 1. The Morgan fingerprint density at radius 1 is 1.16 bits per heavy atom. The van der Waals surface area contributed by atoms with Crippen LogP contribution in [0.3, 0.4) is 0 Å². The quantitative estimate of drug-likeness (QED) is 0.837. The highest BCUT2D eigenvalue weighted by molar-refractivity contribution is 7.13. The van der Waals surface area contributed by atoms with Gasteiger partial charge in [-0.05, 0) is 17.7 Å². The molecule has 1 amide bonds. The predicted octanol–water partition coefficient (Wildman–Crippen LogP) is 3.37. The van der Waals surface area contributed by atoms with Crippen molar-refractivity contribution in [1.29, 1.82) is 0 Å². The van der Waals surface area contributed by atoms with Gasteiger partial charge in [0.05, 0.1) is 27.8 Å². The van der Waals surface area contributed by atoms with Gasteiger partial charge < -0.3 is 19.5 Å². The van der Waals surface area contributed by atoms with E-state index in [4.69, 9.17) is 14.2 Å². The van der Waals surface area contributed by atoms with Gasteiger partial charge in [0.25, 0.3) is 0 Å². The molecule has 0 saturated carbocycles. The summed E-state index contributed by atoms with van der Waals surface area (Å²) in [4.78, 5) is 15.4. The summed E-state index contributed by atoms with van der Waals surface area (Å²) in [6.45, 7) is 0. The molecule has 1 aromatic carbocycles. The number of benzene rings is 1. The van der Waals surface area contributed by atoms with Crippen LogP contribution in [0.4, 0.5) is 18.3 Å². The lowest BCUT2D eigenvalue weighted by Gasteiger charge is -2.13. The van der Waals surface area contributed by atoms with Gasteiger partial charge in [0.2, 0.25) is 11.7 Å². The largest absolute Gasteiger partial charge is 0.493 e. The Morgan fingerprint density at radius 2 is 1.76 bits per heavy atom. The number of rotatable bonds is 6. The van der Waals surface area contributed by atoms with E-state index in [2.05, 4.69) is 10.3 Å². The first kappa shape index (κ1) is 18.8. The van der Waals surface area contributed by atoms with Crippen LogP contribution in [-0.4, -0.2) is 32.2 Å². The number of thiazole rings is 1. The highest BCUT2D eigenvalue weighted by atomic mass is 32.1. The smallest absolute Gasteiger partial charge is 0.434 e. The SMILES string of the molecule is COc1cc(CC(=O)Nc2nc(C(F)(F)F)cs2)cc(OC)c1OC. The van der Waals surface area contributed by atoms with Crippen molar-refractivity contribution in [2.75, 3.05) is 26.6 Å². The highest BCUT2D eigenvalue weighted by Crippen LogP contribution is 2.38. The zero-order valence-electron chi connectivity index (χ0n) is 13.6. The van der Waals surface area contributed by atoms with Gasteiger partial charge in [-0.25, -0.2) is 4.98 Å². The Balaban J connectivity index is 2.14. The number of methoxy groups -OCH3 is 3. The number of hydrogen-bond acceptors (Lipinski definition) is 6. The minimum absolute atomic E-state index is 0.0996. The van der Waals surface area contributed by atoms with E-state index in [9.17, 15) is 18.0 Å². The van der Waals surface area contributed by atoms with Crippen LogP contribution in [0.2, 0.25) is 0 Å². The highest BCUT2D eigenvalue weighted by Gasteiger charge is 2.33. The first-order valence-corrected chi connectivity index (χ1v) is 7.78. The van der Waals surface area contributed by atoms with Gasteiger partial charge in [-0.15, -0.1) is 11.3 Å². The summed E-state index contributed by atoms with van der Waals surface area (Å²) < 4.78 is 53.1. The number of halogens is 3. The van der Waals surface area contributed by atoms with Crippen molar-refractivity contribution in [3.8, 4) is 17.2 Å². The third kappa shape index (κ3) is 4.53. The van der Waals surface area contributed by atoms with E-state index in [1.165, 1.54) is 21.3 Å². The van der Waals surface area contributed by atoms with Crippen LogP contribution in [0, 0.1) is 0 Å². The van der Waals surface area contributed by atoms with Crippen LogP contribution in [0.15, 0.2) is 17.5 Å². The molecule has 1 heterocycles. The molecule has 10 heteroatoms. The molecule has 1 N–H and O–H groups in total. The number of anilines is 1. The Hall–Kier alpha value is -2.49. The molecule has 6 nitrogen and oxygen atoms in total. The molecular formula is C15H15F3N2O4S. The maximum absolute atomic E-state index is 12.5. The van der Waals surface area contributed by atoms with Crippen molar-refractivity contribution in [3.63, 3.8) is 0 Å². The molecule has 1 aromatic heterocycles. The normalized spacial score (nSPS) is 11.1.